The van der Waals surface area contributed by atoms with Crippen LogP contribution in [-0.4, -0.2) is 12.5 Å². The lowest BCUT2D eigenvalue weighted by atomic mass is 10.1. The Hall–Kier alpha value is 0.180. The highest BCUT2D eigenvalue weighted by Crippen LogP contribution is 2.22. The van der Waals surface area contributed by atoms with E-state index in [1.165, 1.54) is 4.88 Å². The summed E-state index contributed by atoms with van der Waals surface area (Å²) in [6.07, 6.45) is 1.11. The molecule has 0 aromatic carbocycles. The van der Waals surface area contributed by atoms with Crippen molar-refractivity contribution in [1.82, 2.24) is 5.32 Å². The van der Waals surface area contributed by atoms with Crippen molar-refractivity contribution in [3.63, 3.8) is 0 Å². The van der Waals surface area contributed by atoms with Crippen molar-refractivity contribution >= 4 is 57.2 Å². The highest BCUT2D eigenvalue weighted by molar-refractivity contribution is 14.0. The number of hydrogen-bond donors (Lipinski definition) is 2. The fourth-order valence-corrected chi connectivity index (χ4v) is 2.55. The van der Waals surface area contributed by atoms with Gasteiger partial charge in [-0.3, -0.25) is 0 Å². The van der Waals surface area contributed by atoms with Gasteiger partial charge in [-0.05, 0) is 40.4 Å². The van der Waals surface area contributed by atoms with Crippen LogP contribution in [0.25, 0.3) is 0 Å². The van der Waals surface area contributed by atoms with Crippen molar-refractivity contribution in [3.8, 4) is 0 Å². The van der Waals surface area contributed by atoms with Crippen molar-refractivity contribution in [2.45, 2.75) is 26.8 Å². The predicted molar refractivity (Wildman–Crippen MR) is 90.2 cm³/mol. The van der Waals surface area contributed by atoms with Crippen LogP contribution >= 0.6 is 51.2 Å². The molecule has 0 spiro atoms. The van der Waals surface area contributed by atoms with Gasteiger partial charge >= 0.3 is 0 Å². The van der Waals surface area contributed by atoms with Gasteiger partial charge in [-0.2, -0.15) is 0 Å². The fraction of sp³-hybridized carbons (Fsp3) is 0.545. The molecule has 0 aliphatic heterocycles. The van der Waals surface area contributed by atoms with Crippen molar-refractivity contribution in [1.29, 1.82) is 0 Å². The van der Waals surface area contributed by atoms with Crippen LogP contribution in [0.3, 0.4) is 0 Å². The Morgan fingerprint density at radius 1 is 1.53 bits per heavy atom. The van der Waals surface area contributed by atoms with Crippen molar-refractivity contribution in [3.05, 3.63) is 20.8 Å². The molecule has 0 aliphatic rings. The Morgan fingerprint density at radius 2 is 2.24 bits per heavy atom. The van der Waals surface area contributed by atoms with Crippen LogP contribution in [-0.2, 0) is 6.54 Å². The first-order chi connectivity index (χ1) is 7.58. The van der Waals surface area contributed by atoms with Crippen molar-refractivity contribution in [2.24, 2.45) is 16.6 Å². The third-order valence-corrected chi connectivity index (χ3v) is 3.67. The van der Waals surface area contributed by atoms with E-state index >= 15 is 0 Å². The summed E-state index contributed by atoms with van der Waals surface area (Å²) in [7, 11) is 0. The number of guanidine groups is 1. The molecule has 0 amide bonds. The molecule has 0 saturated carbocycles. The van der Waals surface area contributed by atoms with Crippen LogP contribution in [0.2, 0.25) is 0 Å². The number of nitrogens with zero attached hydrogens (tertiary/aromatic N) is 1. The maximum absolute atomic E-state index is 5.75. The van der Waals surface area contributed by atoms with Gasteiger partial charge in [-0.25, -0.2) is 4.99 Å². The summed E-state index contributed by atoms with van der Waals surface area (Å²) in [4.78, 5) is 5.49. The molecule has 1 aromatic heterocycles. The number of halogens is 2. The molecular formula is C11H19BrIN3S. The Morgan fingerprint density at radius 3 is 2.76 bits per heavy atom. The minimum atomic E-state index is 0. The molecule has 3 nitrogen and oxygen atoms in total. The fourth-order valence-electron chi connectivity index (χ4n) is 1.14. The van der Waals surface area contributed by atoms with Crippen LogP contribution in [0.5, 0.6) is 0 Å². The largest absolute Gasteiger partial charge is 0.370 e. The van der Waals surface area contributed by atoms with Crippen LogP contribution in [0.15, 0.2) is 20.9 Å². The average Bonchev–Trinajstić information content (AvgIpc) is 2.61. The van der Waals surface area contributed by atoms with Gasteiger partial charge in [0.25, 0.3) is 0 Å². The van der Waals surface area contributed by atoms with E-state index in [9.17, 15) is 0 Å². The number of hydrogen-bond acceptors (Lipinski definition) is 2. The third-order valence-electron chi connectivity index (χ3n) is 2.06. The van der Waals surface area contributed by atoms with E-state index < -0.39 is 0 Å². The van der Waals surface area contributed by atoms with E-state index in [0.717, 1.165) is 16.8 Å². The number of nitrogens with one attached hydrogen (secondary N) is 1. The molecule has 17 heavy (non-hydrogen) atoms. The third kappa shape index (κ3) is 7.99. The first kappa shape index (κ1) is 17.2. The molecule has 0 aliphatic carbocycles. The summed E-state index contributed by atoms with van der Waals surface area (Å²) in [6, 6.07) is 4.08. The van der Waals surface area contributed by atoms with Crippen LogP contribution in [0.4, 0.5) is 0 Å². The normalized spacial score (nSPS) is 11.4. The summed E-state index contributed by atoms with van der Waals surface area (Å²) >= 11 is 5.10. The SMILES string of the molecule is CC(C)CCNC(N)=NCc1ccc(Br)s1.I. The zero-order valence-corrected chi connectivity index (χ0v) is 14.8. The molecule has 0 unspecified atom stereocenters. The zero-order chi connectivity index (χ0) is 12.0. The average molecular weight is 432 g/mol. The number of nitrogens with two attached hydrogens (primary N) is 1. The number of thiophene rings is 1. The molecule has 6 heteroatoms. The molecule has 98 valence electrons. The number of aliphatic imine (C=N–C) groups is 1. The second-order valence-corrected chi connectivity index (χ2v) is 6.56. The molecule has 1 rings (SSSR count). The molecule has 1 heterocycles. The molecule has 1 aromatic rings. The van der Waals surface area contributed by atoms with Gasteiger partial charge in [0.05, 0.1) is 10.3 Å². The molecule has 0 bridgehead atoms. The van der Waals surface area contributed by atoms with Crippen LogP contribution in [0.1, 0.15) is 25.1 Å². The Bertz CT molecular complexity index is 352. The topological polar surface area (TPSA) is 50.4 Å². The van der Waals surface area contributed by atoms with Gasteiger partial charge in [-0.15, -0.1) is 35.3 Å². The number of rotatable bonds is 5. The van der Waals surface area contributed by atoms with E-state index in [1.807, 2.05) is 6.07 Å². The smallest absolute Gasteiger partial charge is 0.188 e. The summed E-state index contributed by atoms with van der Waals surface area (Å²) in [5, 5.41) is 3.11. The lowest BCUT2D eigenvalue weighted by molar-refractivity contribution is 0.576. The van der Waals surface area contributed by atoms with E-state index in [2.05, 4.69) is 46.2 Å². The van der Waals surface area contributed by atoms with Gasteiger partial charge in [0.2, 0.25) is 0 Å². The molecule has 0 fully saturated rings. The van der Waals surface area contributed by atoms with Crippen LogP contribution in [0, 0.1) is 5.92 Å². The summed E-state index contributed by atoms with van der Waals surface area (Å²) in [5.41, 5.74) is 5.75. The van der Waals surface area contributed by atoms with Crippen molar-refractivity contribution in [2.75, 3.05) is 6.54 Å². The highest BCUT2D eigenvalue weighted by atomic mass is 127. The van der Waals surface area contributed by atoms with Crippen LogP contribution < -0.4 is 11.1 Å². The minimum absolute atomic E-state index is 0. The predicted octanol–water partition coefficient (Wildman–Crippen LogP) is 3.58. The molecule has 0 radical (unpaired) electrons. The summed E-state index contributed by atoms with van der Waals surface area (Å²) < 4.78 is 1.13. The van der Waals surface area contributed by atoms with Gasteiger partial charge in [-0.1, -0.05) is 13.8 Å². The maximum Gasteiger partial charge on any atom is 0.188 e. The summed E-state index contributed by atoms with van der Waals surface area (Å²) in [5.74, 6) is 1.22. The molecule has 0 atom stereocenters. The summed E-state index contributed by atoms with van der Waals surface area (Å²) in [6.45, 7) is 5.92. The second-order valence-electron chi connectivity index (χ2n) is 4.02. The quantitative estimate of drug-likeness (QED) is 0.425. The Balaban J connectivity index is 0.00000256. The highest BCUT2D eigenvalue weighted by Gasteiger charge is 1.98. The minimum Gasteiger partial charge on any atom is -0.370 e. The standard InChI is InChI=1S/C11H18BrN3S.HI/c1-8(2)5-6-14-11(13)15-7-9-3-4-10(12)16-9;/h3-4,8H,5-7H2,1-2H3,(H3,13,14,15);1H. The Kier molecular flexibility index (Phi) is 9.25. The van der Waals surface area contributed by atoms with E-state index in [1.54, 1.807) is 11.3 Å². The monoisotopic (exact) mass is 431 g/mol. The second kappa shape index (κ2) is 9.16. The first-order valence-corrected chi connectivity index (χ1v) is 6.97. The van der Waals surface area contributed by atoms with Gasteiger partial charge < -0.3 is 11.1 Å². The van der Waals surface area contributed by atoms with E-state index in [4.69, 9.17) is 5.73 Å². The molecule has 0 saturated heterocycles. The van der Waals surface area contributed by atoms with Gasteiger partial charge in [0.15, 0.2) is 5.96 Å². The van der Waals surface area contributed by atoms with Gasteiger partial charge in [0.1, 0.15) is 0 Å². The van der Waals surface area contributed by atoms with E-state index in [0.29, 0.717) is 18.4 Å². The lowest BCUT2D eigenvalue weighted by Gasteiger charge is -2.06. The van der Waals surface area contributed by atoms with Gasteiger partial charge in [0, 0.05) is 11.4 Å². The lowest BCUT2D eigenvalue weighted by Crippen LogP contribution is -2.32. The maximum atomic E-state index is 5.75. The molecule has 3 N–H and O–H groups in total. The first-order valence-electron chi connectivity index (χ1n) is 5.36. The zero-order valence-electron chi connectivity index (χ0n) is 10.1. The Labute approximate surface area is 132 Å². The van der Waals surface area contributed by atoms with Crippen molar-refractivity contribution < 1.29 is 0 Å². The molecular weight excluding hydrogens is 413 g/mol. The van der Waals surface area contributed by atoms with E-state index in [-0.39, 0.29) is 24.0 Å².